The van der Waals surface area contributed by atoms with E-state index >= 15 is 0 Å². The molecule has 28 heavy (non-hydrogen) atoms. The normalized spacial score (nSPS) is 15.1. The van der Waals surface area contributed by atoms with Crippen molar-refractivity contribution in [2.45, 2.75) is 39.7 Å². The van der Waals surface area contributed by atoms with Gasteiger partial charge in [0.05, 0.1) is 22.8 Å². The molecule has 0 aliphatic carbocycles. The van der Waals surface area contributed by atoms with Gasteiger partial charge in [-0.25, -0.2) is 4.98 Å². The summed E-state index contributed by atoms with van der Waals surface area (Å²) in [6.45, 7) is 6.52. The highest BCUT2D eigenvalue weighted by Gasteiger charge is 2.25. The minimum atomic E-state index is 0.0790. The van der Waals surface area contributed by atoms with E-state index in [-0.39, 0.29) is 11.8 Å². The first-order valence-electron chi connectivity index (χ1n) is 9.95. The summed E-state index contributed by atoms with van der Waals surface area (Å²) < 4.78 is 0. The monoisotopic (exact) mass is 394 g/mol. The van der Waals surface area contributed by atoms with Gasteiger partial charge < -0.3 is 10.2 Å². The summed E-state index contributed by atoms with van der Waals surface area (Å²) in [4.78, 5) is 24.0. The topological polar surface area (TPSA) is 58.1 Å². The van der Waals surface area contributed by atoms with E-state index in [0.717, 1.165) is 48.6 Å². The average molecular weight is 395 g/mol. The first-order chi connectivity index (χ1) is 13.6. The number of rotatable bonds is 5. The quantitative estimate of drug-likeness (QED) is 0.708. The van der Waals surface area contributed by atoms with Crippen molar-refractivity contribution in [2.75, 3.05) is 18.0 Å². The van der Waals surface area contributed by atoms with Crippen molar-refractivity contribution in [1.82, 2.24) is 15.3 Å². The fraction of sp³-hybridized carbons (Fsp3) is 0.409. The van der Waals surface area contributed by atoms with Gasteiger partial charge in [0.25, 0.3) is 0 Å². The van der Waals surface area contributed by atoms with Crippen LogP contribution in [0.3, 0.4) is 0 Å². The first kappa shape index (κ1) is 18.9. The van der Waals surface area contributed by atoms with Gasteiger partial charge in [0.2, 0.25) is 5.91 Å². The maximum Gasteiger partial charge on any atom is 0.223 e. The second kappa shape index (κ2) is 8.27. The Kier molecular flexibility index (Phi) is 5.57. The van der Waals surface area contributed by atoms with Crippen molar-refractivity contribution in [3.63, 3.8) is 0 Å². The fourth-order valence-corrected chi connectivity index (χ4v) is 4.56. The lowest BCUT2D eigenvalue weighted by atomic mass is 9.95. The smallest absolute Gasteiger partial charge is 0.223 e. The number of hydrogen-bond acceptors (Lipinski definition) is 5. The summed E-state index contributed by atoms with van der Waals surface area (Å²) in [7, 11) is 0. The third-order valence-electron chi connectivity index (χ3n) is 5.43. The molecule has 1 aliphatic rings. The number of hydrogen-bond donors (Lipinski definition) is 1. The number of aryl methyl sites for hydroxylation is 2. The van der Waals surface area contributed by atoms with Crippen LogP contribution in [0, 0.1) is 12.8 Å². The highest BCUT2D eigenvalue weighted by Crippen LogP contribution is 2.30. The van der Waals surface area contributed by atoms with Gasteiger partial charge in [-0.05, 0) is 44.4 Å². The van der Waals surface area contributed by atoms with Crippen molar-refractivity contribution >= 4 is 33.8 Å². The van der Waals surface area contributed by atoms with Crippen LogP contribution < -0.4 is 10.2 Å². The Bertz CT molecular complexity index is 976. The number of piperidine rings is 1. The van der Waals surface area contributed by atoms with Crippen LogP contribution in [0.25, 0.3) is 10.9 Å². The van der Waals surface area contributed by atoms with E-state index in [1.165, 1.54) is 16.6 Å². The Labute approximate surface area is 169 Å². The number of fused-ring (bicyclic) bond motifs is 1. The molecule has 0 saturated carbocycles. The molecule has 0 bridgehead atoms. The van der Waals surface area contributed by atoms with Crippen LogP contribution in [0.1, 0.15) is 36.0 Å². The molecule has 146 valence electrons. The highest BCUT2D eigenvalue weighted by atomic mass is 32.1. The van der Waals surface area contributed by atoms with E-state index in [2.05, 4.69) is 58.3 Å². The van der Waals surface area contributed by atoms with E-state index < -0.39 is 0 Å². The second-order valence-electron chi connectivity index (χ2n) is 7.42. The van der Waals surface area contributed by atoms with Gasteiger partial charge in [0, 0.05) is 41.7 Å². The van der Waals surface area contributed by atoms with Gasteiger partial charge in [-0.15, -0.1) is 11.3 Å². The van der Waals surface area contributed by atoms with Gasteiger partial charge in [-0.1, -0.05) is 18.6 Å². The van der Waals surface area contributed by atoms with Gasteiger partial charge in [0.1, 0.15) is 0 Å². The summed E-state index contributed by atoms with van der Waals surface area (Å²) in [5, 5.41) is 7.43. The van der Waals surface area contributed by atoms with E-state index in [4.69, 9.17) is 0 Å². The number of nitrogens with one attached hydrogen (secondary N) is 1. The zero-order valence-electron chi connectivity index (χ0n) is 16.4. The molecule has 0 radical (unpaired) electrons. The molecule has 3 heterocycles. The van der Waals surface area contributed by atoms with Crippen LogP contribution in [-0.4, -0.2) is 29.0 Å². The largest absolute Gasteiger partial charge is 0.371 e. The number of nitrogens with zero attached hydrogens (tertiary/aromatic N) is 3. The van der Waals surface area contributed by atoms with E-state index in [1.54, 1.807) is 11.3 Å². The Morgan fingerprint density at radius 1 is 1.29 bits per heavy atom. The number of thiazole rings is 1. The molecule has 1 amide bonds. The fourth-order valence-electron chi connectivity index (χ4n) is 3.82. The number of anilines is 1. The number of aromatic nitrogens is 2. The van der Waals surface area contributed by atoms with Gasteiger partial charge in [0.15, 0.2) is 0 Å². The van der Waals surface area contributed by atoms with Crippen LogP contribution in [0.15, 0.2) is 35.8 Å². The van der Waals surface area contributed by atoms with Crippen molar-refractivity contribution in [1.29, 1.82) is 0 Å². The number of amides is 1. The molecule has 1 saturated heterocycles. The van der Waals surface area contributed by atoms with Gasteiger partial charge in [-0.3, -0.25) is 9.78 Å². The molecule has 0 unspecified atom stereocenters. The van der Waals surface area contributed by atoms with Crippen molar-refractivity contribution in [2.24, 2.45) is 5.92 Å². The van der Waals surface area contributed by atoms with E-state index in [9.17, 15) is 4.79 Å². The first-order valence-corrected chi connectivity index (χ1v) is 10.8. The summed E-state index contributed by atoms with van der Waals surface area (Å²) in [6, 6.07) is 8.48. The van der Waals surface area contributed by atoms with Crippen molar-refractivity contribution < 1.29 is 4.79 Å². The van der Waals surface area contributed by atoms with Crippen LogP contribution in [0.4, 0.5) is 5.69 Å². The lowest BCUT2D eigenvalue weighted by Gasteiger charge is -2.33. The van der Waals surface area contributed by atoms with Crippen LogP contribution >= 0.6 is 11.3 Å². The SMILES string of the molecule is CCc1nc(CNC(=O)C2CCN(c3ccnc4ccc(C)cc34)CC2)cs1. The lowest BCUT2D eigenvalue weighted by Crippen LogP contribution is -2.40. The number of carbonyl (C=O) groups is 1. The van der Waals surface area contributed by atoms with E-state index in [0.29, 0.717) is 6.54 Å². The van der Waals surface area contributed by atoms with Crippen molar-refractivity contribution in [3.8, 4) is 0 Å². The molecule has 0 spiro atoms. The van der Waals surface area contributed by atoms with Crippen LogP contribution in [0.5, 0.6) is 0 Å². The van der Waals surface area contributed by atoms with Crippen LogP contribution in [0.2, 0.25) is 0 Å². The standard InChI is InChI=1S/C22H26N4OS/c1-3-21-25-17(14-28-21)13-24-22(27)16-7-10-26(11-8-16)20-6-9-23-19-5-4-15(2)12-18(19)20/h4-6,9,12,14,16H,3,7-8,10-11,13H2,1-2H3,(H,24,27). The van der Waals surface area contributed by atoms with Crippen molar-refractivity contribution in [3.05, 3.63) is 52.1 Å². The minimum Gasteiger partial charge on any atom is -0.371 e. The maximum atomic E-state index is 12.6. The molecule has 3 aromatic rings. The Balaban J connectivity index is 1.37. The average Bonchev–Trinajstić information content (AvgIpc) is 3.20. The third-order valence-corrected chi connectivity index (χ3v) is 6.47. The molecule has 2 aromatic heterocycles. The molecule has 5 nitrogen and oxygen atoms in total. The molecule has 4 rings (SSSR count). The molecule has 1 aliphatic heterocycles. The predicted molar refractivity (Wildman–Crippen MR) is 115 cm³/mol. The molecular formula is C22H26N4OS. The van der Waals surface area contributed by atoms with Gasteiger partial charge >= 0.3 is 0 Å². The zero-order valence-corrected chi connectivity index (χ0v) is 17.3. The van der Waals surface area contributed by atoms with Crippen LogP contribution in [-0.2, 0) is 17.8 Å². The summed E-state index contributed by atoms with van der Waals surface area (Å²) in [5.41, 5.74) is 4.45. The number of benzene rings is 1. The highest BCUT2D eigenvalue weighted by molar-refractivity contribution is 7.09. The number of pyridine rings is 1. The lowest BCUT2D eigenvalue weighted by molar-refractivity contribution is -0.125. The van der Waals surface area contributed by atoms with E-state index in [1.807, 2.05) is 11.6 Å². The Morgan fingerprint density at radius 3 is 2.86 bits per heavy atom. The summed E-state index contributed by atoms with van der Waals surface area (Å²) in [6.07, 6.45) is 4.57. The Hall–Kier alpha value is -2.47. The number of carbonyl (C=O) groups excluding carboxylic acids is 1. The molecule has 6 heteroatoms. The molecule has 0 atom stereocenters. The molecule has 1 fully saturated rings. The Morgan fingerprint density at radius 2 is 2.11 bits per heavy atom. The predicted octanol–water partition coefficient (Wildman–Crippen LogP) is 4.09. The molecule has 1 N–H and O–H groups in total. The molecule has 1 aromatic carbocycles. The minimum absolute atomic E-state index is 0.0790. The maximum absolute atomic E-state index is 12.6. The zero-order chi connectivity index (χ0) is 19.5. The summed E-state index contributed by atoms with van der Waals surface area (Å²) >= 11 is 1.66. The molecular weight excluding hydrogens is 368 g/mol. The summed E-state index contributed by atoms with van der Waals surface area (Å²) in [5.74, 6) is 0.233. The van der Waals surface area contributed by atoms with Gasteiger partial charge in [-0.2, -0.15) is 0 Å². The second-order valence-corrected chi connectivity index (χ2v) is 8.36. The third kappa shape index (κ3) is 4.02.